The molecule has 1 unspecified atom stereocenters. The van der Waals surface area contributed by atoms with Gasteiger partial charge in [-0.3, -0.25) is 4.90 Å². The molecule has 17 heavy (non-hydrogen) atoms. The van der Waals surface area contributed by atoms with Crippen LogP contribution >= 0.6 is 0 Å². The molecule has 2 heteroatoms. The van der Waals surface area contributed by atoms with Gasteiger partial charge in [0.15, 0.2) is 0 Å². The summed E-state index contributed by atoms with van der Waals surface area (Å²) >= 11 is 0. The van der Waals surface area contributed by atoms with Gasteiger partial charge in [-0.05, 0) is 51.2 Å². The van der Waals surface area contributed by atoms with Crippen molar-refractivity contribution < 1.29 is 0 Å². The maximum Gasteiger partial charge on any atom is 0.0220 e. The summed E-state index contributed by atoms with van der Waals surface area (Å²) in [7, 11) is 0. The Morgan fingerprint density at radius 3 is 2.94 bits per heavy atom. The second kappa shape index (κ2) is 8.71. The topological polar surface area (TPSA) is 15.3 Å². The molecule has 1 fully saturated rings. The fourth-order valence-corrected chi connectivity index (χ4v) is 2.56. The van der Waals surface area contributed by atoms with Crippen molar-refractivity contribution in [1.29, 1.82) is 0 Å². The lowest BCUT2D eigenvalue weighted by Gasteiger charge is -2.36. The molecule has 0 bridgehead atoms. The number of hydrogen-bond acceptors (Lipinski definition) is 2. The van der Waals surface area contributed by atoms with Gasteiger partial charge in [-0.25, -0.2) is 0 Å². The monoisotopic (exact) mass is 238 g/mol. The Balaban J connectivity index is 2.24. The number of nitrogens with zero attached hydrogens (tertiary/aromatic N) is 1. The van der Waals surface area contributed by atoms with E-state index in [4.69, 9.17) is 0 Å². The van der Waals surface area contributed by atoms with Gasteiger partial charge in [-0.1, -0.05) is 26.3 Å². The van der Waals surface area contributed by atoms with Crippen molar-refractivity contribution in [2.75, 3.05) is 26.2 Å². The van der Waals surface area contributed by atoms with Crippen LogP contribution in [0, 0.1) is 5.92 Å². The Kier molecular flexibility index (Phi) is 7.54. The molecular weight excluding hydrogens is 208 g/mol. The maximum absolute atomic E-state index is 3.80. The summed E-state index contributed by atoms with van der Waals surface area (Å²) in [6, 6.07) is 0.771. The van der Waals surface area contributed by atoms with E-state index in [1.165, 1.54) is 45.3 Å². The lowest BCUT2D eigenvalue weighted by atomic mass is 10.0. The third-order valence-corrected chi connectivity index (χ3v) is 3.54. The number of nitrogens with one attached hydrogen (secondary N) is 1. The van der Waals surface area contributed by atoms with E-state index in [1.807, 2.05) is 6.08 Å². The van der Waals surface area contributed by atoms with Crippen molar-refractivity contribution >= 4 is 0 Å². The standard InChI is InChI=1S/C15H30N2/c1-4-5-7-10-17-11-8-6-9-15(17)13-16-12-14(2)3/h4,14-16H,1,5-13H2,2-3H3. The van der Waals surface area contributed by atoms with Crippen molar-refractivity contribution in [2.24, 2.45) is 5.92 Å². The van der Waals surface area contributed by atoms with Crippen molar-refractivity contribution in [3.8, 4) is 0 Å². The van der Waals surface area contributed by atoms with E-state index >= 15 is 0 Å². The number of rotatable bonds is 8. The second-order valence-electron chi connectivity index (χ2n) is 5.67. The van der Waals surface area contributed by atoms with Gasteiger partial charge < -0.3 is 5.32 Å². The summed E-state index contributed by atoms with van der Waals surface area (Å²) in [5, 5.41) is 3.61. The predicted molar refractivity (Wildman–Crippen MR) is 76.4 cm³/mol. The normalized spacial score (nSPS) is 21.9. The Morgan fingerprint density at radius 1 is 1.41 bits per heavy atom. The van der Waals surface area contributed by atoms with Crippen LogP contribution in [0.2, 0.25) is 0 Å². The highest BCUT2D eigenvalue weighted by Crippen LogP contribution is 2.17. The largest absolute Gasteiger partial charge is 0.315 e. The quantitative estimate of drug-likeness (QED) is 0.516. The zero-order chi connectivity index (χ0) is 12.5. The first-order valence-corrected chi connectivity index (χ1v) is 7.29. The minimum atomic E-state index is 0.757. The van der Waals surface area contributed by atoms with Crippen LogP contribution in [0.1, 0.15) is 46.0 Å². The van der Waals surface area contributed by atoms with E-state index in [1.54, 1.807) is 0 Å². The molecule has 1 heterocycles. The zero-order valence-electron chi connectivity index (χ0n) is 11.8. The molecule has 2 nitrogen and oxygen atoms in total. The van der Waals surface area contributed by atoms with Gasteiger partial charge in [0.25, 0.3) is 0 Å². The summed E-state index contributed by atoms with van der Waals surface area (Å²) in [5.74, 6) is 0.757. The Morgan fingerprint density at radius 2 is 2.24 bits per heavy atom. The molecule has 1 saturated heterocycles. The van der Waals surface area contributed by atoms with E-state index in [2.05, 4.69) is 30.6 Å². The van der Waals surface area contributed by atoms with Gasteiger partial charge in [0.05, 0.1) is 0 Å². The second-order valence-corrected chi connectivity index (χ2v) is 5.67. The third-order valence-electron chi connectivity index (χ3n) is 3.54. The summed E-state index contributed by atoms with van der Waals surface area (Å²) in [6.45, 7) is 13.2. The summed E-state index contributed by atoms with van der Waals surface area (Å²) in [4.78, 5) is 2.68. The number of unbranched alkanes of at least 4 members (excludes halogenated alkanes) is 1. The zero-order valence-corrected chi connectivity index (χ0v) is 11.8. The molecule has 0 aromatic heterocycles. The number of likely N-dealkylation sites (tertiary alicyclic amines) is 1. The Labute approximate surface area is 107 Å². The van der Waals surface area contributed by atoms with Crippen LogP contribution in [-0.4, -0.2) is 37.1 Å². The maximum atomic E-state index is 3.80. The van der Waals surface area contributed by atoms with Gasteiger partial charge in [-0.15, -0.1) is 6.58 Å². The number of allylic oxidation sites excluding steroid dienone is 1. The minimum absolute atomic E-state index is 0.757. The molecule has 1 N–H and O–H groups in total. The van der Waals surface area contributed by atoms with Crippen LogP contribution in [0.3, 0.4) is 0 Å². The van der Waals surface area contributed by atoms with Crippen LogP contribution in [0.4, 0.5) is 0 Å². The molecule has 0 saturated carbocycles. The van der Waals surface area contributed by atoms with Crippen molar-refractivity contribution in [3.63, 3.8) is 0 Å². The first-order chi connectivity index (χ1) is 8.24. The molecule has 0 radical (unpaired) electrons. The first-order valence-electron chi connectivity index (χ1n) is 7.29. The smallest absolute Gasteiger partial charge is 0.0220 e. The lowest BCUT2D eigenvalue weighted by Crippen LogP contribution is -2.46. The molecule has 0 aromatic carbocycles. The average Bonchev–Trinajstić information content (AvgIpc) is 2.31. The molecule has 1 aliphatic rings. The van der Waals surface area contributed by atoms with Gasteiger partial charge in [0.1, 0.15) is 0 Å². The number of hydrogen-bond donors (Lipinski definition) is 1. The molecule has 0 amide bonds. The van der Waals surface area contributed by atoms with E-state index in [0.717, 1.165) is 24.9 Å². The fraction of sp³-hybridized carbons (Fsp3) is 0.867. The van der Waals surface area contributed by atoms with Gasteiger partial charge in [0, 0.05) is 12.6 Å². The van der Waals surface area contributed by atoms with Crippen LogP contribution in [-0.2, 0) is 0 Å². The molecule has 100 valence electrons. The molecule has 1 rings (SSSR count). The van der Waals surface area contributed by atoms with Gasteiger partial charge in [-0.2, -0.15) is 0 Å². The van der Waals surface area contributed by atoms with Gasteiger partial charge in [0.2, 0.25) is 0 Å². The molecule has 0 spiro atoms. The SMILES string of the molecule is C=CCCCN1CCCCC1CNCC(C)C. The van der Waals surface area contributed by atoms with Crippen LogP contribution in [0.15, 0.2) is 12.7 Å². The summed E-state index contributed by atoms with van der Waals surface area (Å²) in [5.41, 5.74) is 0. The Bertz CT molecular complexity index is 201. The Hall–Kier alpha value is -0.340. The third kappa shape index (κ3) is 6.23. The van der Waals surface area contributed by atoms with E-state index in [0.29, 0.717) is 0 Å². The lowest BCUT2D eigenvalue weighted by molar-refractivity contribution is 0.143. The first kappa shape index (κ1) is 14.7. The minimum Gasteiger partial charge on any atom is -0.315 e. The van der Waals surface area contributed by atoms with E-state index < -0.39 is 0 Å². The summed E-state index contributed by atoms with van der Waals surface area (Å²) < 4.78 is 0. The average molecular weight is 238 g/mol. The molecule has 1 atom stereocenters. The van der Waals surface area contributed by atoms with Crippen molar-refractivity contribution in [3.05, 3.63) is 12.7 Å². The predicted octanol–water partition coefficient (Wildman–Crippen LogP) is 3.05. The molecule has 0 aromatic rings. The highest BCUT2D eigenvalue weighted by molar-refractivity contribution is 4.79. The van der Waals surface area contributed by atoms with Crippen LogP contribution < -0.4 is 5.32 Å². The highest BCUT2D eigenvalue weighted by atomic mass is 15.2. The highest BCUT2D eigenvalue weighted by Gasteiger charge is 2.21. The molecule has 0 aliphatic carbocycles. The fourth-order valence-electron chi connectivity index (χ4n) is 2.56. The summed E-state index contributed by atoms with van der Waals surface area (Å²) in [6.07, 6.45) is 8.63. The van der Waals surface area contributed by atoms with E-state index in [-0.39, 0.29) is 0 Å². The molecule has 1 aliphatic heterocycles. The van der Waals surface area contributed by atoms with Crippen LogP contribution in [0.5, 0.6) is 0 Å². The number of piperidine rings is 1. The van der Waals surface area contributed by atoms with E-state index in [9.17, 15) is 0 Å². The van der Waals surface area contributed by atoms with Crippen molar-refractivity contribution in [2.45, 2.75) is 52.0 Å². The molecular formula is C15H30N2. The van der Waals surface area contributed by atoms with Crippen molar-refractivity contribution in [1.82, 2.24) is 10.2 Å². The van der Waals surface area contributed by atoms with Gasteiger partial charge >= 0.3 is 0 Å². The van der Waals surface area contributed by atoms with Crippen LogP contribution in [0.25, 0.3) is 0 Å².